The molecule has 8 nitrogen and oxygen atoms in total. The Labute approximate surface area is 233 Å². The average Bonchev–Trinajstić information content (AvgIpc) is 3.49. The molecule has 1 unspecified atom stereocenters. The number of amides is 1. The van der Waals surface area contributed by atoms with E-state index in [-0.39, 0.29) is 27.6 Å². The van der Waals surface area contributed by atoms with Gasteiger partial charge in [0.2, 0.25) is 11.5 Å². The fourth-order valence-corrected chi connectivity index (χ4v) is 5.76. The highest BCUT2D eigenvalue weighted by molar-refractivity contribution is 7.17. The molecule has 4 aromatic rings. The molecule has 0 fully saturated rings. The predicted molar refractivity (Wildman–Crippen MR) is 149 cm³/mol. The third-order valence-corrected chi connectivity index (χ3v) is 7.77. The van der Waals surface area contributed by atoms with Gasteiger partial charge in [-0.3, -0.25) is 14.5 Å². The van der Waals surface area contributed by atoms with Gasteiger partial charge >= 0.3 is 0 Å². The monoisotopic (exact) mass is 560 g/mol. The molecule has 1 amide bonds. The van der Waals surface area contributed by atoms with Crippen LogP contribution in [0.1, 0.15) is 27.0 Å². The number of hydrogen-bond acceptors (Lipinski definition) is 8. The third-order valence-electron chi connectivity index (χ3n) is 6.57. The van der Waals surface area contributed by atoms with Crippen LogP contribution in [0.15, 0.2) is 78.1 Å². The van der Waals surface area contributed by atoms with Crippen LogP contribution in [0.3, 0.4) is 0 Å². The molecule has 3 aromatic carbocycles. The lowest BCUT2D eigenvalue weighted by Crippen LogP contribution is -2.31. The molecule has 0 aliphatic carbocycles. The first-order chi connectivity index (χ1) is 19.3. The SMILES string of the molecule is COc1cc(C2C(C(=O)c3sc(-c4ccccc4)nc3C)=C(O)C(=O)N2c2cccc(F)c2)cc(OC)c1OC. The highest BCUT2D eigenvalue weighted by Gasteiger charge is 2.46. The second kappa shape index (κ2) is 10.8. The molecule has 0 radical (unpaired) electrons. The third kappa shape index (κ3) is 4.56. The Bertz CT molecular complexity index is 1620. The normalized spacial score (nSPS) is 15.0. The van der Waals surface area contributed by atoms with Gasteiger partial charge in [-0.1, -0.05) is 36.4 Å². The van der Waals surface area contributed by atoms with E-state index >= 15 is 0 Å². The predicted octanol–water partition coefficient (Wildman–Crippen LogP) is 6.07. The lowest BCUT2D eigenvalue weighted by molar-refractivity contribution is -0.117. The van der Waals surface area contributed by atoms with E-state index in [9.17, 15) is 19.1 Å². The Kier molecular flexibility index (Phi) is 7.27. The van der Waals surface area contributed by atoms with Crippen molar-refractivity contribution < 1.29 is 33.3 Å². The number of rotatable bonds is 8. The number of carbonyl (C=O) groups excluding carboxylic acids is 2. The Hall–Kier alpha value is -4.70. The Morgan fingerprint density at radius 2 is 1.65 bits per heavy atom. The quantitative estimate of drug-likeness (QED) is 0.261. The number of nitrogens with zero attached hydrogens (tertiary/aromatic N) is 2. The van der Waals surface area contributed by atoms with E-state index in [2.05, 4.69) is 4.98 Å². The van der Waals surface area contributed by atoms with E-state index in [0.29, 0.717) is 22.0 Å². The number of anilines is 1. The first-order valence-electron chi connectivity index (χ1n) is 12.2. The van der Waals surface area contributed by atoms with Crippen molar-refractivity contribution in [2.24, 2.45) is 0 Å². The molecule has 1 aliphatic rings. The zero-order chi connectivity index (χ0) is 28.6. The Morgan fingerprint density at radius 1 is 0.975 bits per heavy atom. The Morgan fingerprint density at radius 3 is 2.25 bits per heavy atom. The molecule has 0 spiro atoms. The van der Waals surface area contributed by atoms with Crippen LogP contribution in [0.25, 0.3) is 10.6 Å². The number of aliphatic hydroxyl groups excluding tert-OH is 1. The molecule has 2 heterocycles. The molecular formula is C30H25FN2O6S. The van der Waals surface area contributed by atoms with E-state index in [1.165, 1.54) is 44.4 Å². The van der Waals surface area contributed by atoms with Crippen LogP contribution < -0.4 is 19.1 Å². The van der Waals surface area contributed by atoms with E-state index in [1.807, 2.05) is 30.3 Å². The largest absolute Gasteiger partial charge is 0.503 e. The van der Waals surface area contributed by atoms with Gasteiger partial charge in [0.05, 0.1) is 43.5 Å². The maximum Gasteiger partial charge on any atom is 0.294 e. The molecule has 0 bridgehead atoms. The van der Waals surface area contributed by atoms with E-state index < -0.39 is 29.3 Å². The standard InChI is InChI=1S/C30H25FN2O6S/c1-16-28(40-29(32-16)17-9-6-5-7-10-17)25(34)23-24(18-13-21(37-2)27(39-4)22(14-18)38-3)33(30(36)26(23)35)20-12-8-11-19(31)15-20/h5-15,24,35H,1-4H3. The number of hydrogen-bond donors (Lipinski definition) is 1. The molecule has 204 valence electrons. The zero-order valence-corrected chi connectivity index (χ0v) is 22.9. The van der Waals surface area contributed by atoms with E-state index in [4.69, 9.17) is 14.2 Å². The number of aryl methyl sites for hydroxylation is 1. The fraction of sp³-hybridized carbons (Fsp3) is 0.167. The molecule has 0 saturated carbocycles. The average molecular weight is 561 g/mol. The number of thiazole rings is 1. The summed E-state index contributed by atoms with van der Waals surface area (Å²) < 4.78 is 30.7. The lowest BCUT2D eigenvalue weighted by Gasteiger charge is -2.28. The van der Waals surface area contributed by atoms with Gasteiger partial charge in [0.1, 0.15) is 10.8 Å². The molecule has 1 aliphatic heterocycles. The van der Waals surface area contributed by atoms with Gasteiger partial charge in [0, 0.05) is 11.3 Å². The summed E-state index contributed by atoms with van der Waals surface area (Å²) in [6, 6.07) is 16.8. The molecule has 40 heavy (non-hydrogen) atoms. The highest BCUT2D eigenvalue weighted by Crippen LogP contribution is 2.47. The number of halogens is 1. The van der Waals surface area contributed by atoms with Gasteiger partial charge < -0.3 is 19.3 Å². The van der Waals surface area contributed by atoms with Gasteiger partial charge in [0.25, 0.3) is 5.91 Å². The number of aliphatic hydroxyl groups is 1. The van der Waals surface area contributed by atoms with Crippen LogP contribution in [0.2, 0.25) is 0 Å². The van der Waals surface area contributed by atoms with Crippen molar-refractivity contribution in [2.45, 2.75) is 13.0 Å². The lowest BCUT2D eigenvalue weighted by atomic mass is 9.94. The van der Waals surface area contributed by atoms with Crippen LogP contribution in [-0.2, 0) is 4.79 Å². The fourth-order valence-electron chi connectivity index (χ4n) is 4.74. The maximum atomic E-state index is 14.3. The summed E-state index contributed by atoms with van der Waals surface area (Å²) in [5, 5.41) is 11.8. The molecule has 1 atom stereocenters. The van der Waals surface area contributed by atoms with Crippen molar-refractivity contribution in [3.05, 3.63) is 100 Å². The zero-order valence-electron chi connectivity index (χ0n) is 22.1. The van der Waals surface area contributed by atoms with Crippen molar-refractivity contribution in [2.75, 3.05) is 26.2 Å². The van der Waals surface area contributed by atoms with Crippen LogP contribution >= 0.6 is 11.3 Å². The van der Waals surface area contributed by atoms with Crippen LogP contribution in [0, 0.1) is 12.7 Å². The van der Waals surface area contributed by atoms with Crippen molar-refractivity contribution in [1.82, 2.24) is 4.98 Å². The molecule has 1 aromatic heterocycles. The summed E-state index contributed by atoms with van der Waals surface area (Å²) in [5.74, 6) is -1.87. The number of aromatic nitrogens is 1. The number of ether oxygens (including phenoxy) is 3. The highest BCUT2D eigenvalue weighted by atomic mass is 32.1. The summed E-state index contributed by atoms with van der Waals surface area (Å²) in [7, 11) is 4.34. The number of benzene rings is 3. The molecular weight excluding hydrogens is 535 g/mol. The molecule has 5 rings (SSSR count). The summed E-state index contributed by atoms with van der Waals surface area (Å²) in [4.78, 5) is 33.7. The summed E-state index contributed by atoms with van der Waals surface area (Å²) in [6.07, 6.45) is 0. The van der Waals surface area contributed by atoms with Crippen LogP contribution in [0.5, 0.6) is 17.2 Å². The van der Waals surface area contributed by atoms with Crippen molar-refractivity contribution in [1.29, 1.82) is 0 Å². The van der Waals surface area contributed by atoms with Crippen molar-refractivity contribution >= 4 is 28.7 Å². The topological polar surface area (TPSA) is 98.2 Å². The van der Waals surface area contributed by atoms with Crippen molar-refractivity contribution in [3.8, 4) is 27.8 Å². The summed E-state index contributed by atoms with van der Waals surface area (Å²) >= 11 is 1.16. The summed E-state index contributed by atoms with van der Waals surface area (Å²) in [6.45, 7) is 1.70. The van der Waals surface area contributed by atoms with Gasteiger partial charge in [-0.15, -0.1) is 11.3 Å². The number of Topliss-reactive ketones (excluding diaryl/α,β-unsaturated/α-hetero) is 1. The number of methoxy groups -OCH3 is 3. The Balaban J connectivity index is 1.70. The minimum atomic E-state index is -1.14. The van der Waals surface area contributed by atoms with Crippen LogP contribution in [-0.4, -0.2) is 43.1 Å². The number of carbonyl (C=O) groups is 2. The second-order valence-corrected chi connectivity index (χ2v) is 9.91. The maximum absolute atomic E-state index is 14.3. The van der Waals surface area contributed by atoms with Crippen LogP contribution in [0.4, 0.5) is 10.1 Å². The van der Waals surface area contributed by atoms with Gasteiger partial charge in [0.15, 0.2) is 17.3 Å². The van der Waals surface area contributed by atoms with E-state index in [0.717, 1.165) is 23.0 Å². The van der Waals surface area contributed by atoms with E-state index in [1.54, 1.807) is 19.1 Å². The van der Waals surface area contributed by atoms with Crippen molar-refractivity contribution in [3.63, 3.8) is 0 Å². The van der Waals surface area contributed by atoms with Gasteiger partial charge in [-0.05, 0) is 42.8 Å². The van der Waals surface area contributed by atoms with Gasteiger partial charge in [-0.2, -0.15) is 0 Å². The first kappa shape index (κ1) is 26.9. The minimum Gasteiger partial charge on any atom is -0.503 e. The molecule has 10 heteroatoms. The van der Waals surface area contributed by atoms with Gasteiger partial charge in [-0.25, -0.2) is 9.37 Å². The molecule has 1 N–H and O–H groups in total. The molecule has 0 saturated heterocycles. The number of ketones is 1. The second-order valence-electron chi connectivity index (χ2n) is 8.91. The summed E-state index contributed by atoms with van der Waals surface area (Å²) in [5.41, 5.74) is 1.65. The smallest absolute Gasteiger partial charge is 0.294 e. The minimum absolute atomic E-state index is 0.157. The first-order valence-corrected chi connectivity index (χ1v) is 13.0.